The second-order valence-electron chi connectivity index (χ2n) is 4.33. The van der Waals surface area contributed by atoms with Crippen LogP contribution in [0, 0.1) is 0 Å². The van der Waals surface area contributed by atoms with Crippen molar-refractivity contribution in [3.05, 3.63) is 23.5 Å². The van der Waals surface area contributed by atoms with Crippen molar-refractivity contribution in [3.8, 4) is 10.6 Å². The lowest BCUT2D eigenvalue weighted by Crippen LogP contribution is -2.36. The van der Waals surface area contributed by atoms with E-state index in [1.54, 1.807) is 17.1 Å². The van der Waals surface area contributed by atoms with Gasteiger partial charge in [-0.1, -0.05) is 0 Å². The van der Waals surface area contributed by atoms with Crippen LogP contribution in [0.1, 0.15) is 16.6 Å². The minimum absolute atomic E-state index is 0. The first-order valence-electron chi connectivity index (χ1n) is 6.00. The van der Waals surface area contributed by atoms with Crippen molar-refractivity contribution in [1.29, 1.82) is 0 Å². The molecule has 0 spiro atoms. The predicted octanol–water partition coefficient (Wildman–Crippen LogP) is 1.72. The van der Waals surface area contributed by atoms with Crippen molar-refractivity contribution in [2.45, 2.75) is 13.0 Å². The highest BCUT2D eigenvalue weighted by Gasteiger charge is 2.12. The van der Waals surface area contributed by atoms with Crippen molar-refractivity contribution < 1.29 is 4.79 Å². The van der Waals surface area contributed by atoms with E-state index in [0.29, 0.717) is 11.4 Å². The third-order valence-electron chi connectivity index (χ3n) is 2.74. The number of carbonyl (C=O) groups excluding carboxylic acids is 1. The molecule has 1 atom stereocenters. The molecule has 2 aromatic heterocycles. The van der Waals surface area contributed by atoms with Gasteiger partial charge in [-0.05, 0) is 14.0 Å². The molecule has 0 aliphatic heterocycles. The minimum Gasteiger partial charge on any atom is -0.350 e. The van der Waals surface area contributed by atoms with E-state index in [9.17, 15) is 4.79 Å². The molecule has 2 heterocycles. The Morgan fingerprint density at radius 2 is 2.14 bits per heavy atom. The van der Waals surface area contributed by atoms with Crippen LogP contribution in [0.2, 0.25) is 0 Å². The van der Waals surface area contributed by atoms with Gasteiger partial charge in [0, 0.05) is 31.4 Å². The lowest BCUT2D eigenvalue weighted by atomic mass is 10.3. The largest absolute Gasteiger partial charge is 0.350 e. The molecule has 0 aliphatic carbocycles. The Balaban J connectivity index is 0.00000200. The van der Waals surface area contributed by atoms with Crippen LogP contribution in [0.15, 0.2) is 18.6 Å². The molecule has 2 rings (SSSR count). The second kappa shape index (κ2) is 8.99. The number of nitrogens with zero attached hydrogens (tertiary/aromatic N) is 3. The molecule has 6 nitrogen and oxygen atoms in total. The van der Waals surface area contributed by atoms with Crippen LogP contribution in [0.25, 0.3) is 10.6 Å². The molecular weight excluding hydrogens is 333 g/mol. The first-order chi connectivity index (χ1) is 9.10. The van der Waals surface area contributed by atoms with Gasteiger partial charge in [0.15, 0.2) is 0 Å². The molecule has 0 aromatic carbocycles. The van der Waals surface area contributed by atoms with Gasteiger partial charge in [0.05, 0.1) is 12.4 Å². The summed E-state index contributed by atoms with van der Waals surface area (Å²) in [5.74, 6) is -0.0882. The van der Waals surface area contributed by atoms with Gasteiger partial charge in [0.1, 0.15) is 9.88 Å². The molecule has 0 bridgehead atoms. The number of aryl methyl sites for hydroxylation is 1. The molecular formula is C12H19Cl2N5OS. The molecule has 1 unspecified atom stereocenters. The fourth-order valence-corrected chi connectivity index (χ4v) is 2.29. The van der Waals surface area contributed by atoms with E-state index >= 15 is 0 Å². The smallest absolute Gasteiger partial charge is 0.263 e. The van der Waals surface area contributed by atoms with Gasteiger partial charge in [0.25, 0.3) is 5.91 Å². The summed E-state index contributed by atoms with van der Waals surface area (Å²) in [5, 5.41) is 10.8. The third-order valence-corrected chi connectivity index (χ3v) is 3.79. The average molecular weight is 352 g/mol. The van der Waals surface area contributed by atoms with Crippen LogP contribution in [0.3, 0.4) is 0 Å². The summed E-state index contributed by atoms with van der Waals surface area (Å²) < 4.78 is 1.71. The number of rotatable bonds is 5. The summed E-state index contributed by atoms with van der Waals surface area (Å²) in [6.07, 6.45) is 5.22. The third kappa shape index (κ3) is 5.28. The van der Waals surface area contributed by atoms with Gasteiger partial charge >= 0.3 is 0 Å². The Kier molecular flexibility index (Phi) is 8.50. The monoisotopic (exact) mass is 351 g/mol. The molecule has 2 N–H and O–H groups in total. The lowest BCUT2D eigenvalue weighted by molar-refractivity contribution is 0.0954. The summed E-state index contributed by atoms with van der Waals surface area (Å²) in [7, 11) is 3.72. The van der Waals surface area contributed by atoms with Gasteiger partial charge < -0.3 is 10.6 Å². The quantitative estimate of drug-likeness (QED) is 0.860. The Bertz CT molecular complexity index is 572. The van der Waals surface area contributed by atoms with Gasteiger partial charge in [0.2, 0.25) is 0 Å². The number of thiazole rings is 1. The Labute approximate surface area is 140 Å². The first kappa shape index (κ1) is 19.9. The van der Waals surface area contributed by atoms with Crippen LogP contribution in [-0.2, 0) is 7.05 Å². The van der Waals surface area contributed by atoms with E-state index in [2.05, 4.69) is 20.7 Å². The zero-order valence-electron chi connectivity index (χ0n) is 12.0. The Morgan fingerprint density at radius 1 is 1.43 bits per heavy atom. The molecule has 9 heteroatoms. The van der Waals surface area contributed by atoms with Crippen molar-refractivity contribution in [2.24, 2.45) is 7.05 Å². The number of aromatic nitrogens is 3. The van der Waals surface area contributed by atoms with Crippen molar-refractivity contribution in [1.82, 2.24) is 25.4 Å². The summed E-state index contributed by atoms with van der Waals surface area (Å²) in [6, 6.07) is 0.245. The van der Waals surface area contributed by atoms with Crippen LogP contribution in [0.4, 0.5) is 0 Å². The van der Waals surface area contributed by atoms with Crippen molar-refractivity contribution >= 4 is 42.1 Å². The zero-order chi connectivity index (χ0) is 13.8. The number of carbonyl (C=O) groups is 1. The van der Waals surface area contributed by atoms with Gasteiger partial charge in [-0.15, -0.1) is 36.2 Å². The molecule has 21 heavy (non-hydrogen) atoms. The zero-order valence-corrected chi connectivity index (χ0v) is 14.4. The highest BCUT2D eigenvalue weighted by Crippen LogP contribution is 2.24. The number of hydrogen-bond acceptors (Lipinski definition) is 5. The topological polar surface area (TPSA) is 71.8 Å². The maximum absolute atomic E-state index is 11.9. The number of likely N-dealkylation sites (N-methyl/N-ethyl adjacent to an activating group) is 1. The lowest BCUT2D eigenvalue weighted by Gasteiger charge is -2.10. The SMILES string of the molecule is CNC(C)CNC(=O)c1cnc(-c2cnn(C)c2)s1.Cl.Cl. The summed E-state index contributed by atoms with van der Waals surface area (Å²) in [6.45, 7) is 2.60. The van der Waals surface area contributed by atoms with E-state index in [0.717, 1.165) is 10.6 Å². The molecule has 1 amide bonds. The number of amides is 1. The van der Waals surface area contributed by atoms with Gasteiger partial charge in [-0.3, -0.25) is 9.48 Å². The molecule has 0 aliphatic rings. The number of nitrogens with one attached hydrogen (secondary N) is 2. The van der Waals surface area contributed by atoms with Crippen LogP contribution in [0.5, 0.6) is 0 Å². The molecule has 0 fully saturated rings. The van der Waals surface area contributed by atoms with Gasteiger partial charge in [-0.2, -0.15) is 5.10 Å². The highest BCUT2D eigenvalue weighted by atomic mass is 35.5. The maximum Gasteiger partial charge on any atom is 0.263 e. The predicted molar refractivity (Wildman–Crippen MR) is 89.7 cm³/mol. The van der Waals surface area contributed by atoms with E-state index in [-0.39, 0.29) is 36.8 Å². The van der Waals surface area contributed by atoms with E-state index in [1.165, 1.54) is 11.3 Å². The highest BCUT2D eigenvalue weighted by molar-refractivity contribution is 7.16. The Morgan fingerprint density at radius 3 is 2.71 bits per heavy atom. The molecule has 0 saturated carbocycles. The van der Waals surface area contributed by atoms with Crippen molar-refractivity contribution in [3.63, 3.8) is 0 Å². The minimum atomic E-state index is -0.0882. The van der Waals surface area contributed by atoms with E-state index in [1.807, 2.05) is 27.2 Å². The summed E-state index contributed by atoms with van der Waals surface area (Å²) in [5.41, 5.74) is 0.926. The first-order valence-corrected chi connectivity index (χ1v) is 6.82. The van der Waals surface area contributed by atoms with E-state index in [4.69, 9.17) is 0 Å². The summed E-state index contributed by atoms with van der Waals surface area (Å²) >= 11 is 1.37. The average Bonchev–Trinajstić information content (AvgIpc) is 3.03. The summed E-state index contributed by atoms with van der Waals surface area (Å²) in [4.78, 5) is 16.8. The molecule has 2 aromatic rings. The Hall–Kier alpha value is -1.15. The number of halogens is 2. The fraction of sp³-hybridized carbons (Fsp3) is 0.417. The molecule has 118 valence electrons. The maximum atomic E-state index is 11.9. The van der Waals surface area contributed by atoms with Crippen LogP contribution >= 0.6 is 36.2 Å². The molecule has 0 saturated heterocycles. The van der Waals surface area contributed by atoms with Gasteiger partial charge in [-0.25, -0.2) is 4.98 Å². The normalized spacial score (nSPS) is 11.2. The van der Waals surface area contributed by atoms with Crippen LogP contribution < -0.4 is 10.6 Å². The fourth-order valence-electron chi connectivity index (χ4n) is 1.48. The van der Waals surface area contributed by atoms with E-state index < -0.39 is 0 Å². The van der Waals surface area contributed by atoms with Crippen LogP contribution in [-0.4, -0.2) is 40.3 Å². The number of hydrogen-bond donors (Lipinski definition) is 2. The molecule has 0 radical (unpaired) electrons. The standard InChI is InChI=1S/C12H17N5OS.2ClH/c1-8(13-2)4-14-11(18)10-6-15-12(19-10)9-5-16-17(3)7-9;;/h5-8,13H,4H2,1-3H3,(H,14,18);2*1H. The second-order valence-corrected chi connectivity index (χ2v) is 5.36. The van der Waals surface area contributed by atoms with Crippen molar-refractivity contribution in [2.75, 3.05) is 13.6 Å².